The summed E-state index contributed by atoms with van der Waals surface area (Å²) < 4.78 is 48.7. The molecular weight excluding hydrogens is 321 g/mol. The van der Waals surface area contributed by atoms with Gasteiger partial charge in [-0.15, -0.1) is 0 Å². The van der Waals surface area contributed by atoms with Crippen LogP contribution >= 0.6 is 0 Å². The third-order valence-electron chi connectivity index (χ3n) is 3.62. The van der Waals surface area contributed by atoms with Gasteiger partial charge in [0.1, 0.15) is 23.9 Å². The van der Waals surface area contributed by atoms with Crippen LogP contribution in [0.5, 0.6) is 5.75 Å². The molecule has 0 bridgehead atoms. The summed E-state index contributed by atoms with van der Waals surface area (Å²) in [7, 11) is 0. The monoisotopic (exact) mass is 336 g/mol. The highest BCUT2D eigenvalue weighted by molar-refractivity contribution is 5.96. The number of alkyl halides is 3. The lowest BCUT2D eigenvalue weighted by atomic mass is 10.2. The molecule has 1 aliphatic rings. The summed E-state index contributed by atoms with van der Waals surface area (Å²) >= 11 is 0. The van der Waals surface area contributed by atoms with E-state index in [2.05, 4.69) is 0 Å². The van der Waals surface area contributed by atoms with Crippen LogP contribution in [0.2, 0.25) is 0 Å². The third kappa shape index (κ3) is 4.28. The Kier molecular flexibility index (Phi) is 4.46. The summed E-state index contributed by atoms with van der Waals surface area (Å²) in [5, 5.41) is 0. The summed E-state index contributed by atoms with van der Waals surface area (Å²) in [6.07, 6.45) is 0.563. The Hall–Kier alpha value is -2.50. The van der Waals surface area contributed by atoms with E-state index in [1.165, 1.54) is 18.2 Å². The van der Waals surface area contributed by atoms with Crippen molar-refractivity contribution in [3.63, 3.8) is 0 Å². The van der Waals surface area contributed by atoms with Crippen LogP contribution in [0.1, 0.15) is 29.9 Å². The maximum Gasteiger partial charge on any atom is 0.416 e. The number of benzene rings is 1. The van der Waals surface area contributed by atoms with Gasteiger partial charge in [0, 0.05) is 5.92 Å². The molecule has 1 aromatic heterocycles. The quantitative estimate of drug-likeness (QED) is 0.707. The first-order chi connectivity index (χ1) is 11.4. The zero-order chi connectivity index (χ0) is 17.2. The number of halogens is 3. The number of carbonyl (C=O) groups is 1. The summed E-state index contributed by atoms with van der Waals surface area (Å²) in [5.41, 5.74) is -0.762. The van der Waals surface area contributed by atoms with Crippen molar-refractivity contribution in [2.24, 2.45) is 5.92 Å². The largest absolute Gasteiger partial charge is 0.486 e. The molecule has 1 saturated carbocycles. The predicted molar refractivity (Wildman–Crippen MR) is 81.2 cm³/mol. The lowest BCUT2D eigenvalue weighted by molar-refractivity contribution is -0.137. The van der Waals surface area contributed by atoms with Crippen LogP contribution in [0.25, 0.3) is 6.08 Å². The van der Waals surface area contributed by atoms with E-state index >= 15 is 0 Å². The summed E-state index contributed by atoms with van der Waals surface area (Å²) in [6, 6.07) is 8.01. The number of ether oxygens (including phenoxy) is 1. The molecule has 0 radical (unpaired) electrons. The highest BCUT2D eigenvalue weighted by Crippen LogP contribution is 2.32. The van der Waals surface area contributed by atoms with Gasteiger partial charge in [-0.25, -0.2) is 0 Å². The predicted octanol–water partition coefficient (Wildman–Crippen LogP) is 4.87. The van der Waals surface area contributed by atoms with Crippen molar-refractivity contribution in [2.75, 3.05) is 0 Å². The van der Waals surface area contributed by atoms with Crippen molar-refractivity contribution in [2.45, 2.75) is 25.6 Å². The maximum absolute atomic E-state index is 12.6. The van der Waals surface area contributed by atoms with Crippen molar-refractivity contribution in [1.29, 1.82) is 0 Å². The molecule has 2 aromatic rings. The molecule has 0 saturated heterocycles. The second kappa shape index (κ2) is 6.55. The van der Waals surface area contributed by atoms with E-state index in [4.69, 9.17) is 9.15 Å². The van der Waals surface area contributed by atoms with Gasteiger partial charge >= 0.3 is 6.18 Å². The van der Waals surface area contributed by atoms with Gasteiger partial charge in [-0.3, -0.25) is 4.79 Å². The van der Waals surface area contributed by atoms with E-state index in [-0.39, 0.29) is 24.1 Å². The zero-order valence-electron chi connectivity index (χ0n) is 12.7. The van der Waals surface area contributed by atoms with Gasteiger partial charge in [-0.05, 0) is 55.3 Å². The van der Waals surface area contributed by atoms with Gasteiger partial charge in [-0.1, -0.05) is 6.07 Å². The van der Waals surface area contributed by atoms with E-state index < -0.39 is 11.7 Å². The van der Waals surface area contributed by atoms with Crippen LogP contribution in [0, 0.1) is 5.92 Å². The van der Waals surface area contributed by atoms with Crippen molar-refractivity contribution in [3.05, 3.63) is 59.6 Å². The first-order valence-electron chi connectivity index (χ1n) is 7.52. The second-order valence-corrected chi connectivity index (χ2v) is 5.63. The van der Waals surface area contributed by atoms with E-state index in [9.17, 15) is 18.0 Å². The second-order valence-electron chi connectivity index (χ2n) is 5.63. The number of furan rings is 1. The van der Waals surface area contributed by atoms with Gasteiger partial charge in [0.25, 0.3) is 0 Å². The Morgan fingerprint density at radius 3 is 2.75 bits per heavy atom. The van der Waals surface area contributed by atoms with Crippen LogP contribution < -0.4 is 4.74 Å². The van der Waals surface area contributed by atoms with Crippen LogP contribution in [-0.2, 0) is 17.6 Å². The number of rotatable bonds is 6. The average Bonchev–Trinajstić information content (AvgIpc) is 3.30. The molecule has 0 aliphatic heterocycles. The minimum absolute atomic E-state index is 0.00568. The standard InChI is InChI=1S/C18H15F3O3/c19-18(20,21)13-2-1-3-15(10-13)23-11-16-7-6-14(24-16)8-9-17(22)12-4-5-12/h1-3,6-10,12H,4-5,11H2/b9-8+. The summed E-state index contributed by atoms with van der Waals surface area (Å²) in [6.45, 7) is 0.00568. The van der Waals surface area contributed by atoms with Crippen molar-refractivity contribution < 1.29 is 27.1 Å². The van der Waals surface area contributed by atoms with E-state index in [0.29, 0.717) is 11.5 Å². The minimum atomic E-state index is -4.41. The highest BCUT2D eigenvalue weighted by atomic mass is 19.4. The molecule has 1 fully saturated rings. The Balaban J connectivity index is 1.58. The number of carbonyl (C=O) groups excluding carboxylic acids is 1. The van der Waals surface area contributed by atoms with Crippen molar-refractivity contribution in [3.8, 4) is 5.75 Å². The summed E-state index contributed by atoms with van der Waals surface area (Å²) in [4.78, 5) is 11.6. The molecule has 1 heterocycles. The molecule has 3 rings (SSSR count). The Morgan fingerprint density at radius 2 is 2.04 bits per heavy atom. The molecule has 3 nitrogen and oxygen atoms in total. The number of ketones is 1. The van der Waals surface area contributed by atoms with Crippen LogP contribution in [0.3, 0.4) is 0 Å². The number of hydrogen-bond acceptors (Lipinski definition) is 3. The molecule has 1 aromatic carbocycles. The van der Waals surface area contributed by atoms with E-state index in [0.717, 1.165) is 25.0 Å². The molecular formula is C18H15F3O3. The highest BCUT2D eigenvalue weighted by Gasteiger charge is 2.30. The van der Waals surface area contributed by atoms with Gasteiger partial charge in [0.15, 0.2) is 5.78 Å². The van der Waals surface area contributed by atoms with Gasteiger partial charge in [0.05, 0.1) is 5.56 Å². The normalized spacial score (nSPS) is 15.0. The Bertz CT molecular complexity index is 755. The topological polar surface area (TPSA) is 39.4 Å². The van der Waals surface area contributed by atoms with Crippen LogP contribution in [0.15, 0.2) is 46.9 Å². The lowest BCUT2D eigenvalue weighted by Gasteiger charge is -2.09. The zero-order valence-corrected chi connectivity index (χ0v) is 12.7. The number of allylic oxidation sites excluding steroid dienone is 1. The molecule has 0 unspecified atom stereocenters. The molecule has 6 heteroatoms. The average molecular weight is 336 g/mol. The molecule has 0 N–H and O–H groups in total. The van der Waals surface area contributed by atoms with Gasteiger partial charge in [0.2, 0.25) is 0 Å². The fourth-order valence-corrected chi connectivity index (χ4v) is 2.15. The van der Waals surface area contributed by atoms with Crippen molar-refractivity contribution >= 4 is 11.9 Å². The Labute approximate surface area is 136 Å². The first-order valence-corrected chi connectivity index (χ1v) is 7.52. The molecule has 126 valence electrons. The minimum Gasteiger partial charge on any atom is -0.486 e. The van der Waals surface area contributed by atoms with Crippen LogP contribution in [0.4, 0.5) is 13.2 Å². The molecule has 0 atom stereocenters. The fraction of sp³-hybridized carbons (Fsp3) is 0.278. The fourth-order valence-electron chi connectivity index (χ4n) is 2.15. The molecule has 24 heavy (non-hydrogen) atoms. The molecule has 0 amide bonds. The molecule has 1 aliphatic carbocycles. The summed E-state index contributed by atoms with van der Waals surface area (Å²) in [5.74, 6) is 1.33. The van der Waals surface area contributed by atoms with Gasteiger partial charge in [-0.2, -0.15) is 13.2 Å². The first kappa shape index (κ1) is 16.4. The smallest absolute Gasteiger partial charge is 0.416 e. The maximum atomic E-state index is 12.6. The van der Waals surface area contributed by atoms with Crippen LogP contribution in [-0.4, -0.2) is 5.78 Å². The number of hydrogen-bond donors (Lipinski definition) is 0. The van der Waals surface area contributed by atoms with Crippen molar-refractivity contribution in [1.82, 2.24) is 0 Å². The van der Waals surface area contributed by atoms with Gasteiger partial charge < -0.3 is 9.15 Å². The SMILES string of the molecule is O=C(/C=C/c1ccc(COc2cccc(C(F)(F)F)c2)o1)C1CC1. The van der Waals surface area contributed by atoms with E-state index in [1.807, 2.05) is 0 Å². The lowest BCUT2D eigenvalue weighted by Crippen LogP contribution is -2.05. The van der Waals surface area contributed by atoms with E-state index in [1.54, 1.807) is 18.2 Å². The third-order valence-corrected chi connectivity index (χ3v) is 3.62. The molecule has 0 spiro atoms. The Morgan fingerprint density at radius 1 is 1.25 bits per heavy atom.